The Kier molecular flexibility index (Phi) is 21.1. The highest BCUT2D eigenvalue weighted by atomic mass is 16.3. The molecule has 0 saturated carbocycles. The lowest BCUT2D eigenvalue weighted by molar-refractivity contribution is 0.123. The Labute approximate surface area is 204 Å². The molecule has 0 unspecified atom stereocenters. The molecule has 200 valence electrons. The topological polar surface area (TPSA) is 221 Å². The van der Waals surface area contributed by atoms with E-state index in [0.717, 1.165) is 11.9 Å². The van der Waals surface area contributed by atoms with E-state index < -0.39 is 12.1 Å². The Balaban J connectivity index is 0. The van der Waals surface area contributed by atoms with Gasteiger partial charge in [-0.3, -0.25) is 0 Å². The number of nitrogens with one attached hydrogen (secondary N) is 1. The fourth-order valence-electron chi connectivity index (χ4n) is 2.28. The van der Waals surface area contributed by atoms with Crippen LogP contribution in [0.1, 0.15) is 39.7 Å². The number of aliphatic hydroxyl groups excluding tert-OH is 5. The summed E-state index contributed by atoms with van der Waals surface area (Å²) in [6.07, 6.45) is 3.10. The summed E-state index contributed by atoms with van der Waals surface area (Å²) in [5, 5.41) is 43.3. The molecule has 0 aliphatic rings. The second-order valence-electron chi connectivity index (χ2n) is 8.49. The summed E-state index contributed by atoms with van der Waals surface area (Å²) in [5.41, 5.74) is 23.6. The first kappa shape index (κ1) is 34.6. The molecule has 0 radical (unpaired) electrons. The number of aromatic amines is 1. The van der Waals surface area contributed by atoms with Gasteiger partial charge in [0.25, 0.3) is 0 Å². The number of fused-ring (bicyclic) bond motifs is 1. The fraction of sp³-hybridized carbons (Fsp3) is 0.667. The second-order valence-corrected chi connectivity index (χ2v) is 8.49. The minimum Gasteiger partial charge on any atom is -0.395 e. The van der Waals surface area contributed by atoms with Crippen LogP contribution in [0.4, 0.5) is 0 Å². The molecule has 1 heterocycles. The van der Waals surface area contributed by atoms with Crippen LogP contribution in [0.5, 0.6) is 0 Å². The predicted octanol–water partition coefficient (Wildman–Crippen LogP) is -0.605. The molecule has 2 aromatic rings. The maximum atomic E-state index is 8.87. The second kappa shape index (κ2) is 20.7. The van der Waals surface area contributed by atoms with Gasteiger partial charge in [-0.2, -0.15) is 0 Å². The van der Waals surface area contributed by atoms with Gasteiger partial charge in [-0.15, -0.1) is 0 Å². The molecular weight excluding hydrogens is 438 g/mol. The zero-order chi connectivity index (χ0) is 26.7. The number of aromatic nitrogens is 1. The highest BCUT2D eigenvalue weighted by molar-refractivity contribution is 5.83. The van der Waals surface area contributed by atoms with Crippen LogP contribution in [-0.4, -0.2) is 87.2 Å². The van der Waals surface area contributed by atoms with Crippen molar-refractivity contribution in [2.75, 3.05) is 26.4 Å². The van der Waals surface area contributed by atoms with E-state index in [1.54, 1.807) is 13.8 Å². The van der Waals surface area contributed by atoms with Crippen LogP contribution in [0.3, 0.4) is 0 Å². The summed E-state index contributed by atoms with van der Waals surface area (Å²) in [6, 6.07) is 7.34. The first-order valence-corrected chi connectivity index (χ1v) is 11.7. The molecule has 6 atom stereocenters. The first-order chi connectivity index (χ1) is 16.0. The summed E-state index contributed by atoms with van der Waals surface area (Å²) < 4.78 is 0. The molecule has 2 rings (SSSR count). The van der Waals surface area contributed by atoms with E-state index >= 15 is 0 Å². The van der Waals surface area contributed by atoms with Crippen LogP contribution in [0.2, 0.25) is 0 Å². The monoisotopic (exact) mass is 487 g/mol. The largest absolute Gasteiger partial charge is 0.395 e. The SMILES string of the molecule is CC[C@H](C)[C@H](N)CO.C[C@@H](O)[C@H](N)CO.C[C@H](N)CO.N[C@H](CO)Cc1c[nH]c2ccccc12. The number of nitrogens with two attached hydrogens (primary N) is 4. The molecule has 0 spiro atoms. The maximum Gasteiger partial charge on any atom is 0.0685 e. The fourth-order valence-corrected chi connectivity index (χ4v) is 2.28. The first-order valence-electron chi connectivity index (χ1n) is 11.7. The van der Waals surface area contributed by atoms with Crippen molar-refractivity contribution in [2.24, 2.45) is 28.9 Å². The lowest BCUT2D eigenvalue weighted by Gasteiger charge is -2.14. The summed E-state index contributed by atoms with van der Waals surface area (Å²) in [5.74, 6) is 0.444. The van der Waals surface area contributed by atoms with E-state index in [1.165, 1.54) is 10.9 Å². The van der Waals surface area contributed by atoms with Crippen molar-refractivity contribution in [3.05, 3.63) is 36.0 Å². The van der Waals surface area contributed by atoms with E-state index in [0.29, 0.717) is 12.3 Å². The van der Waals surface area contributed by atoms with Crippen LogP contribution < -0.4 is 22.9 Å². The summed E-state index contributed by atoms with van der Waals surface area (Å²) >= 11 is 0. The van der Waals surface area contributed by atoms with E-state index in [-0.39, 0.29) is 44.6 Å². The number of H-pyrrole nitrogens is 1. The molecule has 0 fully saturated rings. The zero-order valence-electron chi connectivity index (χ0n) is 21.1. The highest BCUT2D eigenvalue weighted by Crippen LogP contribution is 2.18. The third kappa shape index (κ3) is 16.1. The van der Waals surface area contributed by atoms with E-state index in [1.807, 2.05) is 31.3 Å². The molecule has 1 aromatic heterocycles. The molecule has 0 bridgehead atoms. The van der Waals surface area contributed by atoms with Crippen molar-refractivity contribution in [3.8, 4) is 0 Å². The Hall–Kier alpha value is -1.60. The number of hydrogen-bond acceptors (Lipinski definition) is 9. The molecule has 0 aliphatic heterocycles. The van der Waals surface area contributed by atoms with Gasteiger partial charge in [0.2, 0.25) is 0 Å². The van der Waals surface area contributed by atoms with Crippen molar-refractivity contribution < 1.29 is 25.5 Å². The highest BCUT2D eigenvalue weighted by Gasteiger charge is 2.08. The standard InChI is InChI=1S/C11H14N2O.C6H15NO.C4H11NO2.C3H9NO/c12-9(7-14)5-8-6-13-11-4-2-1-3-10(8)11;1-3-5(2)6(7)4-8;1-3(7)4(5)2-6;1-3(4)2-5/h1-4,6,9,13-14H,5,7,12H2;5-6,8H,3-4,7H2,1-2H3;3-4,6-7H,2,5H2,1H3;3,5H,2,4H2,1H3/t9-;5-,6+;3-,4-;3-/m0010/s1. The molecule has 14 N–H and O–H groups in total. The number of aliphatic hydroxyl groups is 5. The summed E-state index contributed by atoms with van der Waals surface area (Å²) in [6.45, 7) is 7.47. The molecule has 0 amide bonds. The smallest absolute Gasteiger partial charge is 0.0685 e. The molecule has 1 aromatic carbocycles. The van der Waals surface area contributed by atoms with E-state index in [9.17, 15) is 0 Å². The summed E-state index contributed by atoms with van der Waals surface area (Å²) in [7, 11) is 0. The minimum absolute atomic E-state index is 0.0273. The third-order valence-electron chi connectivity index (χ3n) is 5.10. The van der Waals surface area contributed by atoms with Crippen molar-refractivity contribution in [1.29, 1.82) is 0 Å². The van der Waals surface area contributed by atoms with Crippen LogP contribution in [0, 0.1) is 5.92 Å². The number of para-hydroxylation sites is 1. The number of rotatable bonds is 9. The van der Waals surface area contributed by atoms with Gasteiger partial charge in [-0.25, -0.2) is 0 Å². The predicted molar refractivity (Wildman–Crippen MR) is 139 cm³/mol. The van der Waals surface area contributed by atoms with Gasteiger partial charge in [0.15, 0.2) is 0 Å². The average molecular weight is 488 g/mol. The minimum atomic E-state index is -0.606. The van der Waals surface area contributed by atoms with E-state index in [4.69, 9.17) is 48.5 Å². The van der Waals surface area contributed by atoms with Gasteiger partial charge in [-0.1, -0.05) is 38.5 Å². The normalized spacial score (nSPS) is 15.8. The lowest BCUT2D eigenvalue weighted by atomic mass is 10.0. The van der Waals surface area contributed by atoms with Crippen molar-refractivity contribution in [2.45, 2.75) is 70.8 Å². The van der Waals surface area contributed by atoms with Crippen molar-refractivity contribution >= 4 is 10.9 Å². The van der Waals surface area contributed by atoms with Crippen LogP contribution in [-0.2, 0) is 6.42 Å². The Morgan fingerprint density at radius 1 is 0.824 bits per heavy atom. The van der Waals surface area contributed by atoms with Crippen LogP contribution in [0.25, 0.3) is 10.9 Å². The molecular formula is C24H49N5O5. The average Bonchev–Trinajstić information content (AvgIpc) is 3.25. The van der Waals surface area contributed by atoms with Gasteiger partial charge in [0.05, 0.1) is 38.6 Å². The molecule has 10 nitrogen and oxygen atoms in total. The maximum absolute atomic E-state index is 8.87. The molecule has 0 aliphatic carbocycles. The van der Waals surface area contributed by atoms with Gasteiger partial charge in [0, 0.05) is 35.2 Å². The van der Waals surface area contributed by atoms with Gasteiger partial charge < -0.3 is 53.5 Å². The molecule has 0 saturated heterocycles. The van der Waals surface area contributed by atoms with E-state index in [2.05, 4.69) is 18.0 Å². The quantitative estimate of drug-likeness (QED) is 0.218. The number of hydrogen-bond donors (Lipinski definition) is 10. The van der Waals surface area contributed by atoms with Crippen molar-refractivity contribution in [3.63, 3.8) is 0 Å². The zero-order valence-corrected chi connectivity index (χ0v) is 21.1. The van der Waals surface area contributed by atoms with Crippen molar-refractivity contribution in [1.82, 2.24) is 4.98 Å². The summed E-state index contributed by atoms with van der Waals surface area (Å²) in [4.78, 5) is 3.18. The molecule has 10 heteroatoms. The van der Waals surface area contributed by atoms with Gasteiger partial charge in [0.1, 0.15) is 0 Å². The van der Waals surface area contributed by atoms with Gasteiger partial charge >= 0.3 is 0 Å². The number of benzene rings is 1. The van der Waals surface area contributed by atoms with Crippen LogP contribution >= 0.6 is 0 Å². The molecule has 34 heavy (non-hydrogen) atoms. The van der Waals surface area contributed by atoms with Gasteiger partial charge in [-0.05, 0) is 37.8 Å². The Morgan fingerprint density at radius 3 is 1.71 bits per heavy atom. The van der Waals surface area contributed by atoms with Crippen LogP contribution in [0.15, 0.2) is 30.5 Å². The Bertz CT molecular complexity index is 706. The third-order valence-corrected chi connectivity index (χ3v) is 5.10. The lowest BCUT2D eigenvalue weighted by Crippen LogP contribution is -2.35. The Morgan fingerprint density at radius 2 is 1.35 bits per heavy atom.